The van der Waals surface area contributed by atoms with E-state index in [0.29, 0.717) is 12.8 Å². The van der Waals surface area contributed by atoms with Crippen LogP contribution in [0.3, 0.4) is 0 Å². The Morgan fingerprint density at radius 3 is 2.55 bits per heavy atom. The largest absolute Gasteiger partial charge is 0.416 e. The van der Waals surface area contributed by atoms with Crippen LogP contribution in [0.2, 0.25) is 5.02 Å². The average molecular weight is 469 g/mol. The van der Waals surface area contributed by atoms with Crippen LogP contribution in [0.15, 0.2) is 23.2 Å². The van der Waals surface area contributed by atoms with E-state index < -0.39 is 32.9 Å². The van der Waals surface area contributed by atoms with Gasteiger partial charge in [0.2, 0.25) is 0 Å². The summed E-state index contributed by atoms with van der Waals surface area (Å²) >= 11 is 7.31. The summed E-state index contributed by atoms with van der Waals surface area (Å²) in [6.45, 7) is 3.72. The lowest BCUT2D eigenvalue weighted by Crippen LogP contribution is -2.38. The Labute approximate surface area is 176 Å². The monoisotopic (exact) mass is 468 g/mol. The van der Waals surface area contributed by atoms with Crippen LogP contribution in [0.25, 0.3) is 0 Å². The molecule has 3 rings (SSSR count). The molecular weight excluding hydrogens is 449 g/mol. The highest BCUT2D eigenvalue weighted by molar-refractivity contribution is 8.16. The zero-order valence-corrected chi connectivity index (χ0v) is 18.1. The SMILES string of the molecule is CCC(CC)C(=O)N=C1S[C@H]2CS(=O)(=O)C[C@@H]2N1c1cc(C(F)(F)F)ccc1Cl. The van der Waals surface area contributed by atoms with Gasteiger partial charge in [-0.1, -0.05) is 37.2 Å². The molecule has 0 spiro atoms. The molecule has 2 fully saturated rings. The Balaban J connectivity index is 2.09. The van der Waals surface area contributed by atoms with Gasteiger partial charge in [0.1, 0.15) is 0 Å². The van der Waals surface area contributed by atoms with Crippen molar-refractivity contribution in [3.63, 3.8) is 0 Å². The van der Waals surface area contributed by atoms with Crippen LogP contribution in [-0.2, 0) is 20.8 Å². The molecule has 2 aliphatic rings. The summed E-state index contributed by atoms with van der Waals surface area (Å²) in [4.78, 5) is 18.1. The number of aliphatic imine (C=N–C) groups is 1. The van der Waals surface area contributed by atoms with Crippen LogP contribution in [-0.4, -0.2) is 42.3 Å². The molecule has 2 atom stereocenters. The van der Waals surface area contributed by atoms with Crippen LogP contribution >= 0.6 is 23.4 Å². The topological polar surface area (TPSA) is 66.8 Å². The molecule has 160 valence electrons. The number of anilines is 1. The maximum Gasteiger partial charge on any atom is 0.416 e. The number of fused-ring (bicyclic) bond motifs is 1. The standard InChI is InChI=1S/C18H20ClF3N2O3S2/c1-3-10(4-2)16(25)23-17-24(14-8-29(26,27)9-15(14)28-17)13-7-11(18(20,21)22)5-6-12(13)19/h5-7,10,14-15H,3-4,8-9H2,1-2H3/t14-,15-/m0/s1. The van der Waals surface area contributed by atoms with Gasteiger partial charge >= 0.3 is 6.18 Å². The molecule has 0 radical (unpaired) electrons. The van der Waals surface area contributed by atoms with E-state index in [1.807, 2.05) is 13.8 Å². The molecule has 0 N–H and O–H groups in total. The summed E-state index contributed by atoms with van der Waals surface area (Å²) in [5, 5.41) is -0.182. The van der Waals surface area contributed by atoms with E-state index >= 15 is 0 Å². The normalized spacial score (nSPS) is 25.1. The molecule has 1 aromatic carbocycles. The number of amidine groups is 1. The number of benzene rings is 1. The molecule has 0 aromatic heterocycles. The van der Waals surface area contributed by atoms with Crippen molar-refractivity contribution in [1.82, 2.24) is 0 Å². The van der Waals surface area contributed by atoms with E-state index in [0.717, 1.165) is 30.0 Å². The number of carbonyl (C=O) groups excluding carboxylic acids is 1. The Morgan fingerprint density at radius 1 is 1.31 bits per heavy atom. The molecule has 0 unspecified atom stereocenters. The molecule has 0 bridgehead atoms. The van der Waals surface area contributed by atoms with Crippen LogP contribution in [0.4, 0.5) is 18.9 Å². The zero-order chi connectivity index (χ0) is 21.6. The lowest BCUT2D eigenvalue weighted by Gasteiger charge is -2.26. The van der Waals surface area contributed by atoms with Gasteiger partial charge in [0.25, 0.3) is 5.91 Å². The van der Waals surface area contributed by atoms with Crippen molar-refractivity contribution in [3.8, 4) is 0 Å². The number of halogens is 4. The molecule has 1 aromatic rings. The molecule has 1 amide bonds. The molecule has 0 saturated carbocycles. The fourth-order valence-corrected chi connectivity index (χ4v) is 7.66. The van der Waals surface area contributed by atoms with Gasteiger partial charge in [-0.2, -0.15) is 18.2 Å². The third-order valence-electron chi connectivity index (χ3n) is 5.14. The summed E-state index contributed by atoms with van der Waals surface area (Å²) < 4.78 is 63.9. The number of thioether (sulfide) groups is 1. The van der Waals surface area contributed by atoms with Crippen molar-refractivity contribution < 1.29 is 26.4 Å². The molecule has 2 aliphatic heterocycles. The quantitative estimate of drug-likeness (QED) is 0.655. The van der Waals surface area contributed by atoms with Crippen LogP contribution in [0.5, 0.6) is 0 Å². The minimum absolute atomic E-state index is 0.00897. The Morgan fingerprint density at radius 2 is 1.97 bits per heavy atom. The van der Waals surface area contributed by atoms with Gasteiger partial charge in [-0.25, -0.2) is 8.42 Å². The van der Waals surface area contributed by atoms with Gasteiger partial charge in [-0.05, 0) is 31.0 Å². The van der Waals surface area contributed by atoms with Gasteiger partial charge in [0, 0.05) is 11.2 Å². The van der Waals surface area contributed by atoms with Gasteiger partial charge in [-0.15, -0.1) is 0 Å². The summed E-state index contributed by atoms with van der Waals surface area (Å²) in [5.74, 6) is -1.01. The van der Waals surface area contributed by atoms with Crippen LogP contribution < -0.4 is 4.90 Å². The second-order valence-corrected chi connectivity index (χ2v) is 10.8. The highest BCUT2D eigenvalue weighted by Gasteiger charge is 2.50. The fraction of sp³-hybridized carbons (Fsp3) is 0.556. The summed E-state index contributed by atoms with van der Waals surface area (Å²) in [6, 6.07) is 2.25. The van der Waals surface area contributed by atoms with Crippen LogP contribution in [0.1, 0.15) is 32.3 Å². The van der Waals surface area contributed by atoms with Gasteiger partial charge in [-0.3, -0.25) is 4.79 Å². The number of hydrogen-bond acceptors (Lipinski definition) is 4. The lowest BCUT2D eigenvalue weighted by molar-refractivity contribution is -0.137. The Kier molecular flexibility index (Phi) is 6.27. The predicted octanol–water partition coefficient (Wildman–Crippen LogP) is 4.40. The van der Waals surface area contributed by atoms with E-state index in [1.54, 1.807) is 0 Å². The predicted molar refractivity (Wildman–Crippen MR) is 109 cm³/mol. The van der Waals surface area contributed by atoms with E-state index in [1.165, 1.54) is 4.90 Å². The van der Waals surface area contributed by atoms with E-state index in [4.69, 9.17) is 11.6 Å². The number of hydrogen-bond donors (Lipinski definition) is 0. The number of rotatable bonds is 4. The molecule has 2 heterocycles. The number of nitrogens with zero attached hydrogens (tertiary/aromatic N) is 2. The molecule has 29 heavy (non-hydrogen) atoms. The Bertz CT molecular complexity index is 946. The first-order valence-corrected chi connectivity index (χ1v) is 12.2. The van der Waals surface area contributed by atoms with Crippen LogP contribution in [0, 0.1) is 5.92 Å². The van der Waals surface area contributed by atoms with Crippen molar-refractivity contribution in [2.24, 2.45) is 10.9 Å². The molecule has 0 aliphatic carbocycles. The summed E-state index contributed by atoms with van der Waals surface area (Å²) in [6.07, 6.45) is -3.42. The highest BCUT2D eigenvalue weighted by Crippen LogP contribution is 2.44. The van der Waals surface area contributed by atoms with Crippen molar-refractivity contribution in [3.05, 3.63) is 28.8 Å². The fourth-order valence-electron chi connectivity index (χ4n) is 3.54. The minimum Gasteiger partial charge on any atom is -0.314 e. The van der Waals surface area contributed by atoms with E-state index in [-0.39, 0.29) is 39.2 Å². The van der Waals surface area contributed by atoms with Crippen molar-refractivity contribution >= 4 is 50.0 Å². The average Bonchev–Trinajstić information content (AvgIpc) is 3.06. The third kappa shape index (κ3) is 4.59. The van der Waals surface area contributed by atoms with E-state index in [9.17, 15) is 26.4 Å². The Hall–Kier alpha value is -1.26. The van der Waals surface area contributed by atoms with Gasteiger partial charge in [0.15, 0.2) is 15.0 Å². The molecule has 11 heteroatoms. The van der Waals surface area contributed by atoms with Gasteiger partial charge in [0.05, 0.1) is 33.8 Å². The van der Waals surface area contributed by atoms with E-state index in [2.05, 4.69) is 4.99 Å². The number of sulfone groups is 1. The number of amides is 1. The second kappa shape index (κ2) is 8.11. The summed E-state index contributed by atoms with van der Waals surface area (Å²) in [5.41, 5.74) is -0.897. The minimum atomic E-state index is -4.59. The maximum atomic E-state index is 13.2. The highest BCUT2D eigenvalue weighted by atomic mass is 35.5. The third-order valence-corrected chi connectivity index (χ3v) is 8.67. The number of alkyl halides is 3. The molecular formula is C18H20ClF3N2O3S2. The number of carbonyl (C=O) groups is 1. The second-order valence-electron chi connectivity index (χ2n) is 7.08. The van der Waals surface area contributed by atoms with Crippen molar-refractivity contribution in [1.29, 1.82) is 0 Å². The first-order chi connectivity index (χ1) is 13.5. The molecule has 2 saturated heterocycles. The molecule has 5 nitrogen and oxygen atoms in total. The van der Waals surface area contributed by atoms with Crippen molar-refractivity contribution in [2.45, 2.75) is 44.2 Å². The first kappa shape index (κ1) is 22.4. The summed E-state index contributed by atoms with van der Waals surface area (Å²) in [7, 11) is -3.34. The lowest BCUT2D eigenvalue weighted by atomic mass is 10.0. The maximum absolute atomic E-state index is 13.2. The zero-order valence-electron chi connectivity index (χ0n) is 15.7. The smallest absolute Gasteiger partial charge is 0.314 e. The first-order valence-electron chi connectivity index (χ1n) is 9.12. The van der Waals surface area contributed by atoms with Gasteiger partial charge < -0.3 is 4.90 Å². The van der Waals surface area contributed by atoms with Crippen molar-refractivity contribution in [2.75, 3.05) is 16.4 Å².